The fourth-order valence-electron chi connectivity index (χ4n) is 2.74. The molecule has 10 nitrogen and oxygen atoms in total. The van der Waals surface area contributed by atoms with E-state index in [9.17, 15) is 0 Å². The summed E-state index contributed by atoms with van der Waals surface area (Å²) in [5.41, 5.74) is 4.42. The lowest BCUT2D eigenvalue weighted by atomic mass is 10.3. The molecule has 0 bridgehead atoms. The first-order chi connectivity index (χ1) is 12.7. The number of H-pyrrole nitrogens is 1. The van der Waals surface area contributed by atoms with E-state index in [-0.39, 0.29) is 0 Å². The zero-order valence-corrected chi connectivity index (χ0v) is 13.7. The first kappa shape index (κ1) is 14.5. The Balaban J connectivity index is 1.44. The Morgan fingerprint density at radius 3 is 2.96 bits per heavy atom. The third-order valence-electron chi connectivity index (χ3n) is 3.86. The number of nitrogens with one attached hydrogen (secondary N) is 2. The predicted octanol–water partition coefficient (Wildman–Crippen LogP) is 2.19. The lowest BCUT2D eigenvalue weighted by Gasteiger charge is -2.01. The van der Waals surface area contributed by atoms with Crippen LogP contribution in [0.1, 0.15) is 11.5 Å². The highest BCUT2D eigenvalue weighted by molar-refractivity contribution is 5.86. The van der Waals surface area contributed by atoms with Crippen molar-refractivity contribution in [2.75, 3.05) is 5.32 Å². The SMILES string of the molecule is Cc1cc(Cn2cc3ncc(Nc4n[nH]c5nccnc45)cc3n2)no1. The third-order valence-corrected chi connectivity index (χ3v) is 3.86. The standard InChI is InChI=1S/C16H13N9O/c1-9-4-11(24-26-9)7-25-8-13-12(23-25)5-10(6-19-13)20-16-14-15(21-22-16)18-3-2-17-14/h2-6,8H,7H2,1H3,(H2,18,20,21,22). The fourth-order valence-corrected chi connectivity index (χ4v) is 2.74. The van der Waals surface area contributed by atoms with Crippen LogP contribution in [0.2, 0.25) is 0 Å². The van der Waals surface area contributed by atoms with Gasteiger partial charge in [0.25, 0.3) is 0 Å². The van der Waals surface area contributed by atoms with Crippen molar-refractivity contribution in [3.63, 3.8) is 0 Å². The summed E-state index contributed by atoms with van der Waals surface area (Å²) in [4.78, 5) is 12.9. The van der Waals surface area contributed by atoms with Crippen LogP contribution in [0.25, 0.3) is 22.2 Å². The smallest absolute Gasteiger partial charge is 0.180 e. The highest BCUT2D eigenvalue weighted by atomic mass is 16.5. The third kappa shape index (κ3) is 2.53. The van der Waals surface area contributed by atoms with Crippen LogP contribution in [0.5, 0.6) is 0 Å². The van der Waals surface area contributed by atoms with Crippen LogP contribution >= 0.6 is 0 Å². The van der Waals surface area contributed by atoms with E-state index in [2.05, 4.69) is 40.7 Å². The fraction of sp³-hybridized carbons (Fsp3) is 0.125. The van der Waals surface area contributed by atoms with Crippen molar-refractivity contribution in [2.24, 2.45) is 0 Å². The monoisotopic (exact) mass is 347 g/mol. The quantitative estimate of drug-likeness (QED) is 0.507. The van der Waals surface area contributed by atoms with Crippen molar-refractivity contribution in [1.82, 2.24) is 40.1 Å². The molecule has 128 valence electrons. The average Bonchev–Trinajstić information content (AvgIpc) is 3.34. The van der Waals surface area contributed by atoms with Crippen LogP contribution in [-0.4, -0.2) is 40.1 Å². The minimum atomic E-state index is 0.524. The minimum Gasteiger partial charge on any atom is -0.361 e. The van der Waals surface area contributed by atoms with Crippen LogP contribution < -0.4 is 5.32 Å². The van der Waals surface area contributed by atoms with Gasteiger partial charge >= 0.3 is 0 Å². The molecular formula is C16H13N9O. The number of nitrogens with zero attached hydrogens (tertiary/aromatic N) is 7. The van der Waals surface area contributed by atoms with E-state index < -0.39 is 0 Å². The van der Waals surface area contributed by atoms with Crippen LogP contribution in [0.4, 0.5) is 11.5 Å². The molecule has 5 rings (SSSR count). The number of aromatic amines is 1. The van der Waals surface area contributed by atoms with Gasteiger partial charge in [-0.15, -0.1) is 0 Å². The molecule has 0 unspecified atom stereocenters. The molecule has 2 N–H and O–H groups in total. The highest BCUT2D eigenvalue weighted by Gasteiger charge is 2.10. The van der Waals surface area contributed by atoms with Gasteiger partial charge < -0.3 is 9.84 Å². The van der Waals surface area contributed by atoms with Gasteiger partial charge in [0.15, 0.2) is 17.0 Å². The van der Waals surface area contributed by atoms with E-state index in [4.69, 9.17) is 4.52 Å². The van der Waals surface area contributed by atoms with Crippen molar-refractivity contribution in [3.05, 3.63) is 48.4 Å². The Morgan fingerprint density at radius 2 is 2.08 bits per heavy atom. The molecule has 0 atom stereocenters. The lowest BCUT2D eigenvalue weighted by Crippen LogP contribution is -1.99. The number of rotatable bonds is 4. The van der Waals surface area contributed by atoms with Gasteiger partial charge in [-0.3, -0.25) is 14.8 Å². The Hall–Kier alpha value is -3.82. The average molecular weight is 347 g/mol. The molecule has 10 heteroatoms. The summed E-state index contributed by atoms with van der Waals surface area (Å²) < 4.78 is 6.87. The van der Waals surface area contributed by atoms with Crippen LogP contribution in [0.15, 0.2) is 41.4 Å². The molecule has 26 heavy (non-hydrogen) atoms. The summed E-state index contributed by atoms with van der Waals surface area (Å²) in [5.74, 6) is 1.36. The van der Waals surface area contributed by atoms with Gasteiger partial charge in [0.2, 0.25) is 0 Å². The van der Waals surface area contributed by atoms with Gasteiger partial charge in [0.1, 0.15) is 22.5 Å². The second kappa shape index (κ2) is 5.62. The van der Waals surface area contributed by atoms with E-state index in [1.54, 1.807) is 23.3 Å². The second-order valence-electron chi connectivity index (χ2n) is 5.83. The van der Waals surface area contributed by atoms with E-state index in [1.165, 1.54) is 0 Å². The molecule has 0 radical (unpaired) electrons. The topological polar surface area (TPSA) is 123 Å². The maximum Gasteiger partial charge on any atom is 0.180 e. The Bertz CT molecular complexity index is 1220. The molecule has 0 saturated carbocycles. The van der Waals surface area contributed by atoms with Gasteiger partial charge in [-0.2, -0.15) is 10.2 Å². The van der Waals surface area contributed by atoms with Gasteiger partial charge in [0.05, 0.1) is 24.6 Å². The molecule has 5 heterocycles. The molecule has 0 saturated heterocycles. The zero-order valence-electron chi connectivity index (χ0n) is 13.7. The summed E-state index contributed by atoms with van der Waals surface area (Å²) in [6.45, 7) is 2.38. The summed E-state index contributed by atoms with van der Waals surface area (Å²) in [6, 6.07) is 3.79. The maximum atomic E-state index is 5.09. The molecule has 5 aromatic rings. The molecule has 0 aliphatic carbocycles. The van der Waals surface area contributed by atoms with Crippen molar-refractivity contribution >= 4 is 33.7 Å². The van der Waals surface area contributed by atoms with Crippen molar-refractivity contribution in [1.29, 1.82) is 0 Å². The van der Waals surface area contributed by atoms with Gasteiger partial charge in [-0.25, -0.2) is 9.97 Å². The Morgan fingerprint density at radius 1 is 1.15 bits per heavy atom. The molecule has 0 aliphatic heterocycles. The van der Waals surface area contributed by atoms with E-state index in [1.807, 2.05) is 25.3 Å². The van der Waals surface area contributed by atoms with E-state index >= 15 is 0 Å². The number of hydrogen-bond donors (Lipinski definition) is 2. The number of hydrogen-bond acceptors (Lipinski definition) is 8. The number of anilines is 2. The number of aromatic nitrogens is 8. The summed E-state index contributed by atoms with van der Waals surface area (Å²) >= 11 is 0. The Kier molecular flexibility index (Phi) is 3.14. The van der Waals surface area contributed by atoms with E-state index in [0.717, 1.165) is 28.2 Å². The molecule has 0 aliphatic rings. The van der Waals surface area contributed by atoms with Crippen molar-refractivity contribution in [2.45, 2.75) is 13.5 Å². The largest absolute Gasteiger partial charge is 0.361 e. The number of fused-ring (bicyclic) bond motifs is 2. The molecule has 0 fully saturated rings. The molecule has 5 aromatic heterocycles. The van der Waals surface area contributed by atoms with Crippen LogP contribution in [-0.2, 0) is 6.54 Å². The molecule has 0 spiro atoms. The maximum absolute atomic E-state index is 5.09. The minimum absolute atomic E-state index is 0.524. The van der Waals surface area contributed by atoms with E-state index in [0.29, 0.717) is 23.5 Å². The van der Waals surface area contributed by atoms with Gasteiger partial charge in [-0.1, -0.05) is 5.16 Å². The highest BCUT2D eigenvalue weighted by Crippen LogP contribution is 2.22. The zero-order chi connectivity index (χ0) is 17.5. The summed E-state index contributed by atoms with van der Waals surface area (Å²) in [6.07, 6.45) is 6.84. The molecule has 0 amide bonds. The summed E-state index contributed by atoms with van der Waals surface area (Å²) in [5, 5.41) is 18.8. The number of pyridine rings is 1. The first-order valence-electron chi connectivity index (χ1n) is 7.92. The Labute approximate surface area is 146 Å². The lowest BCUT2D eigenvalue weighted by molar-refractivity contribution is 0.388. The van der Waals surface area contributed by atoms with Crippen LogP contribution in [0, 0.1) is 6.92 Å². The number of aryl methyl sites for hydroxylation is 1. The second-order valence-corrected chi connectivity index (χ2v) is 5.83. The summed E-state index contributed by atoms with van der Waals surface area (Å²) in [7, 11) is 0. The normalized spacial score (nSPS) is 11.4. The van der Waals surface area contributed by atoms with Gasteiger partial charge in [-0.05, 0) is 13.0 Å². The van der Waals surface area contributed by atoms with Crippen LogP contribution in [0.3, 0.4) is 0 Å². The first-order valence-corrected chi connectivity index (χ1v) is 7.92. The van der Waals surface area contributed by atoms with Gasteiger partial charge in [0, 0.05) is 18.5 Å². The van der Waals surface area contributed by atoms with Crippen molar-refractivity contribution in [3.8, 4) is 0 Å². The van der Waals surface area contributed by atoms with Crippen molar-refractivity contribution < 1.29 is 4.52 Å². The molecular weight excluding hydrogens is 334 g/mol. The molecule has 0 aromatic carbocycles. The predicted molar refractivity (Wildman–Crippen MR) is 92.8 cm³/mol.